The Morgan fingerprint density at radius 3 is 2.50 bits per heavy atom. The van der Waals surface area contributed by atoms with Gasteiger partial charge in [0, 0.05) is 21.7 Å². The van der Waals surface area contributed by atoms with Crippen LogP contribution in [-0.4, -0.2) is 29.6 Å². The average molecular weight is 394 g/mol. The molecule has 1 atom stereocenters. The highest BCUT2D eigenvalue weighted by Gasteiger charge is 2.24. The summed E-state index contributed by atoms with van der Waals surface area (Å²) in [6, 6.07) is 6.87. The van der Waals surface area contributed by atoms with Crippen LogP contribution in [0.1, 0.15) is 26.5 Å². The molecule has 0 spiro atoms. The number of rotatable bonds is 7. The van der Waals surface area contributed by atoms with Crippen molar-refractivity contribution in [2.75, 3.05) is 11.9 Å². The fourth-order valence-corrected chi connectivity index (χ4v) is 3.95. The van der Waals surface area contributed by atoms with Gasteiger partial charge in [-0.05, 0) is 44.0 Å². The van der Waals surface area contributed by atoms with Gasteiger partial charge in [-0.2, -0.15) is 0 Å². The van der Waals surface area contributed by atoms with Crippen molar-refractivity contribution in [2.45, 2.75) is 43.0 Å². The van der Waals surface area contributed by atoms with Crippen molar-refractivity contribution in [1.29, 1.82) is 0 Å². The first kappa shape index (κ1) is 20.3. The van der Waals surface area contributed by atoms with Crippen LogP contribution in [0.15, 0.2) is 38.9 Å². The summed E-state index contributed by atoms with van der Waals surface area (Å²) in [4.78, 5) is 29.6. The Morgan fingerprint density at radius 1 is 1.27 bits per heavy atom. The highest BCUT2D eigenvalue weighted by Crippen LogP contribution is 2.30. The second-order valence-corrected chi connectivity index (χ2v) is 8.14. The first-order valence-electron chi connectivity index (χ1n) is 8.33. The zero-order valence-electron chi connectivity index (χ0n) is 15.2. The quantitative estimate of drug-likeness (QED) is 0.733. The van der Waals surface area contributed by atoms with E-state index in [4.69, 9.17) is 4.74 Å². The minimum Gasteiger partial charge on any atom is -0.450 e. The van der Waals surface area contributed by atoms with Crippen LogP contribution >= 0.6 is 23.1 Å². The molecule has 1 heterocycles. The van der Waals surface area contributed by atoms with Crippen molar-refractivity contribution in [2.24, 2.45) is 5.92 Å². The normalized spacial score (nSPS) is 11.9. The molecule has 2 rings (SSSR count). The van der Waals surface area contributed by atoms with Gasteiger partial charge in [-0.25, -0.2) is 9.78 Å². The van der Waals surface area contributed by atoms with Crippen molar-refractivity contribution >= 4 is 40.8 Å². The van der Waals surface area contributed by atoms with Crippen molar-refractivity contribution in [3.05, 3.63) is 35.3 Å². The fourth-order valence-electron chi connectivity index (χ4n) is 2.14. The largest absolute Gasteiger partial charge is 0.450 e. The lowest BCUT2D eigenvalue weighted by Gasteiger charge is -2.21. The molecule has 1 aromatic carbocycles. The number of nitrogens with one attached hydrogen (secondary N) is 2. The van der Waals surface area contributed by atoms with Crippen LogP contribution in [0.2, 0.25) is 0 Å². The van der Waals surface area contributed by atoms with Gasteiger partial charge in [-0.15, -0.1) is 11.3 Å². The molecule has 6 nitrogen and oxygen atoms in total. The molecule has 26 heavy (non-hydrogen) atoms. The van der Waals surface area contributed by atoms with Gasteiger partial charge in [0.1, 0.15) is 6.04 Å². The fraction of sp³-hybridized carbons (Fsp3) is 0.389. The minimum atomic E-state index is -0.665. The van der Waals surface area contributed by atoms with Crippen LogP contribution in [0.3, 0.4) is 0 Å². The van der Waals surface area contributed by atoms with Gasteiger partial charge >= 0.3 is 6.09 Å². The van der Waals surface area contributed by atoms with Gasteiger partial charge < -0.3 is 15.4 Å². The molecule has 1 aromatic heterocycles. The molecule has 8 heteroatoms. The van der Waals surface area contributed by atoms with Gasteiger partial charge in [0.15, 0.2) is 4.34 Å². The van der Waals surface area contributed by atoms with E-state index >= 15 is 0 Å². The maximum absolute atomic E-state index is 12.5. The molecule has 0 bridgehead atoms. The van der Waals surface area contributed by atoms with E-state index in [-0.39, 0.29) is 18.4 Å². The van der Waals surface area contributed by atoms with Crippen LogP contribution in [0.4, 0.5) is 10.5 Å². The molecule has 0 aliphatic heterocycles. The van der Waals surface area contributed by atoms with Crippen LogP contribution in [-0.2, 0) is 9.53 Å². The number of hydrogen-bond donors (Lipinski definition) is 2. The van der Waals surface area contributed by atoms with E-state index in [0.29, 0.717) is 5.69 Å². The summed E-state index contributed by atoms with van der Waals surface area (Å²) in [6.45, 7) is 7.68. The predicted molar refractivity (Wildman–Crippen MR) is 105 cm³/mol. The standard InChI is InChI=1S/C18H23N3O3S2/c1-5-24-17(23)21-15(11(2)3)16(22)20-13-6-8-14(9-7-13)26-18-19-12(4)10-25-18/h6-11,15H,5H2,1-4H3,(H,20,22)(H,21,23). The second-order valence-electron chi connectivity index (χ2n) is 5.96. The highest BCUT2D eigenvalue weighted by molar-refractivity contribution is 8.01. The molecular weight excluding hydrogens is 370 g/mol. The zero-order chi connectivity index (χ0) is 19.1. The molecular formula is C18H23N3O3S2. The van der Waals surface area contributed by atoms with E-state index in [9.17, 15) is 9.59 Å². The topological polar surface area (TPSA) is 80.3 Å². The Morgan fingerprint density at radius 2 is 1.96 bits per heavy atom. The van der Waals surface area contributed by atoms with Crippen molar-refractivity contribution in [3.63, 3.8) is 0 Å². The van der Waals surface area contributed by atoms with Crippen LogP contribution in [0.5, 0.6) is 0 Å². The number of carbonyl (C=O) groups excluding carboxylic acids is 2. The van der Waals surface area contributed by atoms with E-state index in [2.05, 4.69) is 15.6 Å². The van der Waals surface area contributed by atoms with Gasteiger partial charge in [0.2, 0.25) is 5.91 Å². The van der Waals surface area contributed by atoms with Crippen LogP contribution in [0.25, 0.3) is 0 Å². The summed E-state index contributed by atoms with van der Waals surface area (Å²) in [5.41, 5.74) is 1.68. The molecule has 0 fully saturated rings. The van der Waals surface area contributed by atoms with Crippen molar-refractivity contribution in [1.82, 2.24) is 10.3 Å². The first-order chi connectivity index (χ1) is 12.4. The number of ether oxygens (including phenoxy) is 1. The Hall–Kier alpha value is -2.06. The van der Waals surface area contributed by atoms with E-state index in [1.165, 1.54) is 0 Å². The van der Waals surface area contributed by atoms with E-state index in [0.717, 1.165) is 14.9 Å². The number of anilines is 1. The molecule has 0 aliphatic carbocycles. The number of nitrogens with zero attached hydrogens (tertiary/aromatic N) is 1. The Balaban J connectivity index is 1.97. The maximum Gasteiger partial charge on any atom is 0.407 e. The van der Waals surface area contributed by atoms with Gasteiger partial charge in [-0.3, -0.25) is 4.79 Å². The Bertz CT molecular complexity index is 744. The lowest BCUT2D eigenvalue weighted by Crippen LogP contribution is -2.47. The number of thiazole rings is 1. The lowest BCUT2D eigenvalue weighted by molar-refractivity contribution is -0.119. The summed E-state index contributed by atoms with van der Waals surface area (Å²) in [7, 11) is 0. The summed E-state index contributed by atoms with van der Waals surface area (Å²) < 4.78 is 5.84. The monoisotopic (exact) mass is 393 g/mol. The van der Waals surface area contributed by atoms with Gasteiger partial charge in [-0.1, -0.05) is 25.6 Å². The number of hydrogen-bond acceptors (Lipinski definition) is 6. The van der Waals surface area contributed by atoms with Crippen LogP contribution < -0.4 is 10.6 Å². The number of aromatic nitrogens is 1. The number of amides is 2. The number of aryl methyl sites for hydroxylation is 1. The van der Waals surface area contributed by atoms with E-state index in [1.54, 1.807) is 30.0 Å². The van der Waals surface area contributed by atoms with Crippen molar-refractivity contribution < 1.29 is 14.3 Å². The first-order valence-corrected chi connectivity index (χ1v) is 10.0. The molecule has 2 N–H and O–H groups in total. The third kappa shape index (κ3) is 6.03. The third-order valence-electron chi connectivity index (χ3n) is 3.42. The summed E-state index contributed by atoms with van der Waals surface area (Å²) >= 11 is 3.19. The number of benzene rings is 1. The Kier molecular flexibility index (Phi) is 7.47. The molecule has 1 unspecified atom stereocenters. The maximum atomic E-state index is 12.5. The van der Waals surface area contributed by atoms with Gasteiger partial charge in [0.05, 0.1) is 6.61 Å². The molecule has 140 valence electrons. The zero-order valence-corrected chi connectivity index (χ0v) is 16.9. The average Bonchev–Trinajstić information content (AvgIpc) is 2.99. The van der Waals surface area contributed by atoms with Gasteiger partial charge in [0.25, 0.3) is 0 Å². The predicted octanol–water partition coefficient (Wildman–Crippen LogP) is 4.31. The van der Waals surface area contributed by atoms with Crippen LogP contribution in [0, 0.1) is 12.8 Å². The molecule has 0 radical (unpaired) electrons. The second kappa shape index (κ2) is 9.59. The number of alkyl carbamates (subject to hydrolysis) is 1. The SMILES string of the molecule is CCOC(=O)NC(C(=O)Nc1ccc(Sc2nc(C)cs2)cc1)C(C)C. The lowest BCUT2D eigenvalue weighted by atomic mass is 10.0. The summed E-state index contributed by atoms with van der Waals surface area (Å²) in [6.07, 6.45) is -0.591. The third-order valence-corrected chi connectivity index (χ3v) is 5.49. The Labute approximate surface area is 161 Å². The molecule has 0 saturated heterocycles. The van der Waals surface area contributed by atoms with E-state index in [1.807, 2.05) is 50.4 Å². The summed E-state index contributed by atoms with van der Waals surface area (Å²) in [5, 5.41) is 7.45. The van der Waals surface area contributed by atoms with E-state index < -0.39 is 12.1 Å². The molecule has 2 amide bonds. The summed E-state index contributed by atoms with van der Waals surface area (Å²) in [5.74, 6) is -0.341. The molecule has 0 saturated carbocycles. The number of carbonyl (C=O) groups is 2. The minimum absolute atomic E-state index is 0.0672. The highest BCUT2D eigenvalue weighted by atomic mass is 32.2. The van der Waals surface area contributed by atoms with Crippen molar-refractivity contribution in [3.8, 4) is 0 Å². The smallest absolute Gasteiger partial charge is 0.407 e. The molecule has 0 aliphatic rings. The molecule has 2 aromatic rings.